The maximum atomic E-state index is 5.49. The van der Waals surface area contributed by atoms with Gasteiger partial charge in [0.25, 0.3) is 5.89 Å². The standard InChI is InChI=1S/C23H22N6O/c1-2-7-18(8-3-1)21-27-23(30-28-21)20-14-24-16-26-22(20)25-11-13-29-12-10-17-6-4-5-9-19(17)15-29/h1-9,14,16H,10-13,15H2,(H,24,25,26). The Labute approximate surface area is 174 Å². The smallest absolute Gasteiger partial charge is 0.263 e. The Morgan fingerprint density at radius 3 is 2.73 bits per heavy atom. The molecule has 0 aliphatic carbocycles. The zero-order valence-corrected chi connectivity index (χ0v) is 16.5. The Bertz CT molecular complexity index is 1130. The molecule has 1 aliphatic heterocycles. The summed E-state index contributed by atoms with van der Waals surface area (Å²) in [6.07, 6.45) is 4.32. The molecule has 3 heterocycles. The van der Waals surface area contributed by atoms with E-state index in [9.17, 15) is 0 Å². The van der Waals surface area contributed by atoms with Gasteiger partial charge in [-0.1, -0.05) is 59.8 Å². The van der Waals surface area contributed by atoms with Crippen LogP contribution in [0, 0.1) is 0 Å². The van der Waals surface area contributed by atoms with Gasteiger partial charge in [-0.05, 0) is 17.5 Å². The predicted molar refractivity (Wildman–Crippen MR) is 115 cm³/mol. The van der Waals surface area contributed by atoms with Gasteiger partial charge in [-0.3, -0.25) is 4.90 Å². The first-order valence-corrected chi connectivity index (χ1v) is 10.1. The van der Waals surface area contributed by atoms with E-state index in [4.69, 9.17) is 4.52 Å². The van der Waals surface area contributed by atoms with Crippen LogP contribution < -0.4 is 5.32 Å². The molecule has 5 rings (SSSR count). The number of hydrogen-bond acceptors (Lipinski definition) is 7. The second-order valence-electron chi connectivity index (χ2n) is 7.30. The van der Waals surface area contributed by atoms with Gasteiger partial charge in [-0.25, -0.2) is 9.97 Å². The van der Waals surface area contributed by atoms with Gasteiger partial charge in [0.15, 0.2) is 0 Å². The maximum absolute atomic E-state index is 5.49. The first-order valence-electron chi connectivity index (χ1n) is 10.1. The third-order valence-electron chi connectivity index (χ3n) is 5.33. The first kappa shape index (κ1) is 18.4. The largest absolute Gasteiger partial charge is 0.368 e. The number of nitrogens with zero attached hydrogens (tertiary/aromatic N) is 5. The van der Waals surface area contributed by atoms with Crippen LogP contribution >= 0.6 is 0 Å². The highest BCUT2D eigenvalue weighted by molar-refractivity contribution is 5.69. The van der Waals surface area contributed by atoms with E-state index in [1.165, 1.54) is 17.5 Å². The monoisotopic (exact) mass is 398 g/mol. The molecular weight excluding hydrogens is 376 g/mol. The summed E-state index contributed by atoms with van der Waals surface area (Å²) in [6.45, 7) is 3.75. The van der Waals surface area contributed by atoms with Gasteiger partial charge in [0.05, 0.1) is 0 Å². The molecule has 0 saturated heterocycles. The first-order chi connectivity index (χ1) is 14.9. The Kier molecular flexibility index (Phi) is 5.18. The molecule has 4 aromatic rings. The van der Waals surface area contributed by atoms with Crippen LogP contribution in [0.25, 0.3) is 22.8 Å². The third-order valence-corrected chi connectivity index (χ3v) is 5.33. The fourth-order valence-electron chi connectivity index (χ4n) is 3.74. The molecule has 1 aliphatic rings. The van der Waals surface area contributed by atoms with E-state index >= 15 is 0 Å². The van der Waals surface area contributed by atoms with Crippen molar-refractivity contribution in [2.75, 3.05) is 25.0 Å². The van der Waals surface area contributed by atoms with Crippen molar-refractivity contribution in [1.82, 2.24) is 25.0 Å². The molecule has 0 amide bonds. The molecule has 2 aromatic heterocycles. The Morgan fingerprint density at radius 1 is 1.00 bits per heavy atom. The van der Waals surface area contributed by atoms with Gasteiger partial charge in [-0.2, -0.15) is 4.98 Å². The minimum absolute atomic E-state index is 0.406. The van der Waals surface area contributed by atoms with Gasteiger partial charge in [0.1, 0.15) is 17.7 Å². The maximum Gasteiger partial charge on any atom is 0.263 e. The van der Waals surface area contributed by atoms with Crippen molar-refractivity contribution in [2.45, 2.75) is 13.0 Å². The highest BCUT2D eigenvalue weighted by Crippen LogP contribution is 2.26. The lowest BCUT2D eigenvalue weighted by atomic mass is 10.00. The summed E-state index contributed by atoms with van der Waals surface area (Å²) >= 11 is 0. The van der Waals surface area contributed by atoms with Crippen LogP contribution in [0.3, 0.4) is 0 Å². The van der Waals surface area contributed by atoms with Crippen LogP contribution in [-0.4, -0.2) is 44.6 Å². The molecule has 7 nitrogen and oxygen atoms in total. The van der Waals surface area contributed by atoms with Crippen molar-refractivity contribution in [2.24, 2.45) is 0 Å². The molecule has 0 saturated carbocycles. The van der Waals surface area contributed by atoms with E-state index in [1.807, 2.05) is 30.3 Å². The molecular formula is C23H22N6O. The van der Waals surface area contributed by atoms with Gasteiger partial charge < -0.3 is 9.84 Å². The summed E-state index contributed by atoms with van der Waals surface area (Å²) in [4.78, 5) is 15.5. The molecule has 7 heteroatoms. The second kappa shape index (κ2) is 8.42. The van der Waals surface area contributed by atoms with E-state index in [-0.39, 0.29) is 0 Å². The number of aromatic nitrogens is 4. The average Bonchev–Trinajstić information content (AvgIpc) is 3.30. The van der Waals surface area contributed by atoms with Gasteiger partial charge >= 0.3 is 0 Å². The fourth-order valence-corrected chi connectivity index (χ4v) is 3.74. The van der Waals surface area contributed by atoms with Gasteiger partial charge in [-0.15, -0.1) is 0 Å². The van der Waals surface area contributed by atoms with Crippen LogP contribution in [-0.2, 0) is 13.0 Å². The molecule has 30 heavy (non-hydrogen) atoms. The molecule has 1 N–H and O–H groups in total. The Hall–Kier alpha value is -3.58. The predicted octanol–water partition coefficient (Wildman–Crippen LogP) is 3.66. The summed E-state index contributed by atoms with van der Waals surface area (Å²) in [5.74, 6) is 1.65. The van der Waals surface area contributed by atoms with Crippen molar-refractivity contribution in [3.8, 4) is 22.8 Å². The molecule has 0 fully saturated rings. The number of anilines is 1. The summed E-state index contributed by atoms with van der Waals surface area (Å²) < 4.78 is 5.49. The van der Waals surface area contributed by atoms with E-state index in [0.29, 0.717) is 23.1 Å². The van der Waals surface area contributed by atoms with Crippen LogP contribution in [0.5, 0.6) is 0 Å². The van der Waals surface area contributed by atoms with E-state index in [0.717, 1.165) is 38.2 Å². The minimum atomic E-state index is 0.406. The van der Waals surface area contributed by atoms with Crippen molar-refractivity contribution in [3.63, 3.8) is 0 Å². The lowest BCUT2D eigenvalue weighted by Crippen LogP contribution is -2.34. The van der Waals surface area contributed by atoms with E-state index < -0.39 is 0 Å². The second-order valence-corrected chi connectivity index (χ2v) is 7.30. The van der Waals surface area contributed by atoms with Gasteiger partial charge in [0.2, 0.25) is 5.82 Å². The Balaban J connectivity index is 1.25. The lowest BCUT2D eigenvalue weighted by molar-refractivity contribution is 0.264. The third kappa shape index (κ3) is 3.92. The zero-order chi connectivity index (χ0) is 20.2. The summed E-state index contributed by atoms with van der Waals surface area (Å²) in [5.41, 5.74) is 4.50. The molecule has 0 atom stereocenters. The summed E-state index contributed by atoms with van der Waals surface area (Å²) in [6, 6.07) is 18.4. The Morgan fingerprint density at radius 2 is 1.83 bits per heavy atom. The highest BCUT2D eigenvalue weighted by Gasteiger charge is 2.17. The van der Waals surface area contributed by atoms with E-state index in [2.05, 4.69) is 54.6 Å². The molecule has 150 valence electrons. The lowest BCUT2D eigenvalue weighted by Gasteiger charge is -2.28. The zero-order valence-electron chi connectivity index (χ0n) is 16.5. The van der Waals surface area contributed by atoms with Crippen LogP contribution in [0.2, 0.25) is 0 Å². The van der Waals surface area contributed by atoms with E-state index in [1.54, 1.807) is 6.20 Å². The van der Waals surface area contributed by atoms with Crippen molar-refractivity contribution >= 4 is 5.82 Å². The number of benzene rings is 2. The SMILES string of the molecule is c1ccc(-c2noc(-c3cncnc3NCCN3CCc4ccccc4C3)n2)cc1. The van der Waals surface area contributed by atoms with Crippen LogP contribution in [0.1, 0.15) is 11.1 Å². The van der Waals surface area contributed by atoms with Crippen LogP contribution in [0.15, 0.2) is 71.6 Å². The fraction of sp³-hybridized carbons (Fsp3) is 0.217. The quantitative estimate of drug-likeness (QED) is 0.531. The molecule has 0 bridgehead atoms. The van der Waals surface area contributed by atoms with Crippen molar-refractivity contribution in [1.29, 1.82) is 0 Å². The minimum Gasteiger partial charge on any atom is -0.368 e. The topological polar surface area (TPSA) is 80.0 Å². The molecule has 0 unspecified atom stereocenters. The summed E-state index contributed by atoms with van der Waals surface area (Å²) in [7, 11) is 0. The molecule has 2 aromatic carbocycles. The average molecular weight is 398 g/mol. The normalized spacial score (nSPS) is 13.7. The summed E-state index contributed by atoms with van der Waals surface area (Å²) in [5, 5.41) is 7.51. The number of fused-ring (bicyclic) bond motifs is 1. The number of nitrogens with one attached hydrogen (secondary N) is 1. The van der Waals surface area contributed by atoms with Crippen molar-refractivity contribution < 1.29 is 4.52 Å². The highest BCUT2D eigenvalue weighted by atomic mass is 16.5. The number of rotatable bonds is 6. The van der Waals surface area contributed by atoms with Crippen LogP contribution in [0.4, 0.5) is 5.82 Å². The van der Waals surface area contributed by atoms with Crippen molar-refractivity contribution in [3.05, 3.63) is 78.2 Å². The molecule has 0 radical (unpaired) electrons. The molecule has 0 spiro atoms. The van der Waals surface area contributed by atoms with Gasteiger partial charge in [0, 0.05) is 37.9 Å². The number of hydrogen-bond donors (Lipinski definition) is 1.